The summed E-state index contributed by atoms with van der Waals surface area (Å²) in [4.78, 5) is 0. The van der Waals surface area contributed by atoms with Crippen LogP contribution in [0.2, 0.25) is 5.02 Å². The molecule has 1 aromatic rings. The molecule has 108 valence electrons. The molecule has 19 heavy (non-hydrogen) atoms. The highest BCUT2D eigenvalue weighted by molar-refractivity contribution is 6.31. The molecule has 0 fully saturated rings. The van der Waals surface area contributed by atoms with Crippen molar-refractivity contribution >= 4 is 11.6 Å². The van der Waals surface area contributed by atoms with E-state index in [0.29, 0.717) is 23.4 Å². The maximum absolute atomic E-state index is 6.29. The van der Waals surface area contributed by atoms with Crippen molar-refractivity contribution in [1.82, 2.24) is 5.32 Å². The van der Waals surface area contributed by atoms with Gasteiger partial charge >= 0.3 is 0 Å². The van der Waals surface area contributed by atoms with Crippen molar-refractivity contribution in [3.05, 3.63) is 22.7 Å². The summed E-state index contributed by atoms with van der Waals surface area (Å²) in [5, 5.41) is 4.13. The van der Waals surface area contributed by atoms with E-state index in [9.17, 15) is 0 Å². The zero-order chi connectivity index (χ0) is 14.3. The second-order valence-corrected chi connectivity index (χ2v) is 5.04. The van der Waals surface area contributed by atoms with Gasteiger partial charge in [0.1, 0.15) is 0 Å². The Balaban J connectivity index is 2.83. The summed E-state index contributed by atoms with van der Waals surface area (Å²) in [6, 6.07) is 4.25. The molecule has 0 saturated heterocycles. The SMILES string of the molecule is CCCOc1cc(Cl)c(CNC(C)CC)cc1OC. The highest BCUT2D eigenvalue weighted by Gasteiger charge is 2.11. The van der Waals surface area contributed by atoms with Crippen LogP contribution in [0.1, 0.15) is 39.2 Å². The Kier molecular flexibility index (Phi) is 7.03. The van der Waals surface area contributed by atoms with Crippen molar-refractivity contribution in [1.29, 1.82) is 0 Å². The van der Waals surface area contributed by atoms with Crippen molar-refractivity contribution in [2.45, 2.75) is 46.2 Å². The van der Waals surface area contributed by atoms with Crippen LogP contribution in [0.3, 0.4) is 0 Å². The zero-order valence-corrected chi connectivity index (χ0v) is 13.0. The average Bonchev–Trinajstić information content (AvgIpc) is 2.43. The van der Waals surface area contributed by atoms with Crippen LogP contribution in [0, 0.1) is 0 Å². The number of halogens is 1. The maximum atomic E-state index is 6.29. The highest BCUT2D eigenvalue weighted by atomic mass is 35.5. The molecular formula is C15H24ClNO2. The number of methoxy groups -OCH3 is 1. The van der Waals surface area contributed by atoms with E-state index in [-0.39, 0.29) is 0 Å². The van der Waals surface area contributed by atoms with Crippen LogP contribution < -0.4 is 14.8 Å². The van der Waals surface area contributed by atoms with Crippen molar-refractivity contribution in [2.75, 3.05) is 13.7 Å². The van der Waals surface area contributed by atoms with Gasteiger partial charge in [0.15, 0.2) is 11.5 Å². The number of ether oxygens (including phenoxy) is 2. The molecule has 1 rings (SSSR count). The third-order valence-electron chi connectivity index (χ3n) is 3.05. The fourth-order valence-electron chi connectivity index (χ4n) is 1.63. The summed E-state index contributed by atoms with van der Waals surface area (Å²) >= 11 is 6.29. The van der Waals surface area contributed by atoms with Gasteiger partial charge in [-0.15, -0.1) is 0 Å². The Labute approximate surface area is 121 Å². The van der Waals surface area contributed by atoms with E-state index in [2.05, 4.69) is 26.1 Å². The van der Waals surface area contributed by atoms with Gasteiger partial charge in [0.2, 0.25) is 0 Å². The van der Waals surface area contributed by atoms with E-state index in [4.69, 9.17) is 21.1 Å². The lowest BCUT2D eigenvalue weighted by molar-refractivity contribution is 0.294. The second kappa shape index (κ2) is 8.28. The predicted molar refractivity (Wildman–Crippen MR) is 80.4 cm³/mol. The molecule has 1 N–H and O–H groups in total. The first kappa shape index (κ1) is 16.1. The summed E-state index contributed by atoms with van der Waals surface area (Å²) in [6.07, 6.45) is 2.05. The molecule has 0 spiro atoms. The van der Waals surface area contributed by atoms with Gasteiger partial charge in [-0.3, -0.25) is 0 Å². The number of nitrogens with one attached hydrogen (secondary N) is 1. The molecule has 0 heterocycles. The molecule has 0 bridgehead atoms. The molecule has 3 nitrogen and oxygen atoms in total. The van der Waals surface area contributed by atoms with E-state index in [1.165, 1.54) is 0 Å². The molecule has 0 aromatic heterocycles. The molecule has 0 aliphatic heterocycles. The summed E-state index contributed by atoms with van der Waals surface area (Å²) in [5.74, 6) is 1.44. The normalized spacial score (nSPS) is 12.3. The van der Waals surface area contributed by atoms with Gasteiger partial charge in [-0.1, -0.05) is 25.4 Å². The van der Waals surface area contributed by atoms with E-state index in [1.54, 1.807) is 7.11 Å². The third kappa shape index (κ3) is 4.92. The molecule has 1 unspecified atom stereocenters. The smallest absolute Gasteiger partial charge is 0.162 e. The van der Waals surface area contributed by atoms with Gasteiger partial charge in [0, 0.05) is 23.7 Å². The number of benzene rings is 1. The van der Waals surface area contributed by atoms with Crippen LogP contribution in [0.5, 0.6) is 11.5 Å². The Morgan fingerprint density at radius 3 is 2.58 bits per heavy atom. The monoisotopic (exact) mass is 285 g/mol. The fraction of sp³-hybridized carbons (Fsp3) is 0.600. The molecule has 1 atom stereocenters. The number of hydrogen-bond acceptors (Lipinski definition) is 3. The molecule has 0 amide bonds. The van der Waals surface area contributed by atoms with Gasteiger partial charge < -0.3 is 14.8 Å². The predicted octanol–water partition coefficient (Wildman–Crippen LogP) is 4.03. The van der Waals surface area contributed by atoms with E-state index in [1.807, 2.05) is 12.1 Å². The van der Waals surface area contributed by atoms with Gasteiger partial charge in [0.25, 0.3) is 0 Å². The number of hydrogen-bond donors (Lipinski definition) is 1. The highest BCUT2D eigenvalue weighted by Crippen LogP contribution is 2.33. The third-order valence-corrected chi connectivity index (χ3v) is 3.40. The summed E-state index contributed by atoms with van der Waals surface area (Å²) in [5.41, 5.74) is 1.03. The van der Waals surface area contributed by atoms with Crippen LogP contribution in [0.25, 0.3) is 0 Å². The first-order valence-electron chi connectivity index (χ1n) is 6.84. The van der Waals surface area contributed by atoms with Gasteiger partial charge in [0.05, 0.1) is 13.7 Å². The Bertz CT molecular complexity index is 396. The standard InChI is InChI=1S/C15H24ClNO2/c1-5-7-19-15-9-13(16)12(8-14(15)18-4)10-17-11(3)6-2/h8-9,11,17H,5-7,10H2,1-4H3. The van der Waals surface area contributed by atoms with Gasteiger partial charge in [-0.2, -0.15) is 0 Å². The molecule has 0 saturated carbocycles. The zero-order valence-electron chi connectivity index (χ0n) is 12.3. The van der Waals surface area contributed by atoms with Crippen LogP contribution in [0.4, 0.5) is 0 Å². The Hall–Kier alpha value is -0.930. The lowest BCUT2D eigenvalue weighted by atomic mass is 10.1. The molecule has 0 aliphatic carbocycles. The Morgan fingerprint density at radius 2 is 2.00 bits per heavy atom. The molecule has 4 heteroatoms. The minimum atomic E-state index is 0.470. The first-order chi connectivity index (χ1) is 9.12. The van der Waals surface area contributed by atoms with Crippen LogP contribution in [-0.4, -0.2) is 19.8 Å². The summed E-state index contributed by atoms with van der Waals surface area (Å²) < 4.78 is 11.0. The van der Waals surface area contributed by atoms with Gasteiger partial charge in [-0.25, -0.2) is 0 Å². The van der Waals surface area contributed by atoms with E-state index >= 15 is 0 Å². The quantitative estimate of drug-likeness (QED) is 0.782. The lowest BCUT2D eigenvalue weighted by Crippen LogP contribution is -2.24. The summed E-state index contributed by atoms with van der Waals surface area (Å²) in [7, 11) is 1.65. The van der Waals surface area contributed by atoms with Crippen LogP contribution in [0.15, 0.2) is 12.1 Å². The molecule has 1 aromatic carbocycles. The van der Waals surface area contributed by atoms with Crippen molar-refractivity contribution in [3.63, 3.8) is 0 Å². The lowest BCUT2D eigenvalue weighted by Gasteiger charge is -2.15. The maximum Gasteiger partial charge on any atom is 0.162 e. The first-order valence-corrected chi connectivity index (χ1v) is 7.22. The fourth-order valence-corrected chi connectivity index (χ4v) is 1.85. The molecular weight excluding hydrogens is 262 g/mol. The minimum Gasteiger partial charge on any atom is -0.493 e. The largest absolute Gasteiger partial charge is 0.493 e. The van der Waals surface area contributed by atoms with Crippen molar-refractivity contribution in [2.24, 2.45) is 0 Å². The minimum absolute atomic E-state index is 0.470. The molecule has 0 aliphatic rings. The average molecular weight is 286 g/mol. The van der Waals surface area contributed by atoms with Crippen molar-refractivity contribution in [3.8, 4) is 11.5 Å². The second-order valence-electron chi connectivity index (χ2n) is 4.63. The van der Waals surface area contributed by atoms with E-state index < -0.39 is 0 Å². The van der Waals surface area contributed by atoms with Crippen LogP contribution >= 0.6 is 11.6 Å². The van der Waals surface area contributed by atoms with Gasteiger partial charge in [-0.05, 0) is 31.4 Å². The molecule has 0 radical (unpaired) electrons. The van der Waals surface area contributed by atoms with E-state index in [0.717, 1.165) is 30.7 Å². The van der Waals surface area contributed by atoms with Crippen molar-refractivity contribution < 1.29 is 9.47 Å². The Morgan fingerprint density at radius 1 is 1.26 bits per heavy atom. The summed E-state index contributed by atoms with van der Waals surface area (Å²) in [6.45, 7) is 7.78. The topological polar surface area (TPSA) is 30.5 Å². The van der Waals surface area contributed by atoms with Crippen LogP contribution in [-0.2, 0) is 6.54 Å². The number of rotatable bonds is 8.